The van der Waals surface area contributed by atoms with Gasteiger partial charge in [-0.1, -0.05) is 19.9 Å². The predicted octanol–water partition coefficient (Wildman–Crippen LogP) is 3.40. The SMILES string of the molecule is CSCCC(C)N(C)Cc1cccc(CNCC(C)C)n1. The Morgan fingerprint density at radius 1 is 1.24 bits per heavy atom. The molecular weight excluding hydrogens is 278 g/mol. The summed E-state index contributed by atoms with van der Waals surface area (Å²) in [5.41, 5.74) is 2.30. The minimum atomic E-state index is 0.599. The maximum Gasteiger partial charge on any atom is 0.0547 e. The van der Waals surface area contributed by atoms with Gasteiger partial charge in [-0.3, -0.25) is 9.88 Å². The van der Waals surface area contributed by atoms with Crippen LogP contribution in [0.4, 0.5) is 0 Å². The summed E-state index contributed by atoms with van der Waals surface area (Å²) in [7, 11) is 2.19. The first kappa shape index (κ1) is 18.5. The van der Waals surface area contributed by atoms with Crippen molar-refractivity contribution in [1.29, 1.82) is 0 Å². The Kier molecular flexibility index (Phi) is 8.97. The molecule has 0 saturated heterocycles. The summed E-state index contributed by atoms with van der Waals surface area (Å²) in [5, 5.41) is 3.45. The van der Waals surface area contributed by atoms with Gasteiger partial charge in [-0.15, -0.1) is 0 Å². The Bertz CT molecular complexity index is 395. The van der Waals surface area contributed by atoms with Crippen molar-refractivity contribution < 1.29 is 0 Å². The summed E-state index contributed by atoms with van der Waals surface area (Å²) < 4.78 is 0. The zero-order valence-electron chi connectivity index (χ0n) is 14.2. The Morgan fingerprint density at radius 3 is 2.62 bits per heavy atom. The van der Waals surface area contributed by atoms with Crippen molar-refractivity contribution in [2.45, 2.75) is 46.3 Å². The van der Waals surface area contributed by atoms with Crippen LogP contribution in [0.1, 0.15) is 38.6 Å². The molecule has 1 aromatic rings. The Balaban J connectivity index is 2.47. The molecule has 1 unspecified atom stereocenters. The number of nitrogens with zero attached hydrogens (tertiary/aromatic N) is 2. The standard InChI is InChI=1S/C17H31N3S/c1-14(2)11-18-12-16-7-6-8-17(19-16)13-20(4)15(3)9-10-21-5/h6-8,14-15,18H,9-13H2,1-5H3. The minimum Gasteiger partial charge on any atom is -0.311 e. The van der Waals surface area contributed by atoms with Gasteiger partial charge in [0, 0.05) is 19.1 Å². The Morgan fingerprint density at radius 2 is 1.95 bits per heavy atom. The zero-order chi connectivity index (χ0) is 15.7. The summed E-state index contributed by atoms with van der Waals surface area (Å²) in [6, 6.07) is 6.95. The molecule has 0 amide bonds. The van der Waals surface area contributed by atoms with Gasteiger partial charge in [-0.05, 0) is 57.0 Å². The topological polar surface area (TPSA) is 28.2 Å². The molecule has 0 fully saturated rings. The second kappa shape index (κ2) is 10.2. The van der Waals surface area contributed by atoms with Crippen molar-refractivity contribution in [3.8, 4) is 0 Å². The van der Waals surface area contributed by atoms with Crippen LogP contribution < -0.4 is 5.32 Å². The van der Waals surface area contributed by atoms with Gasteiger partial charge in [-0.2, -0.15) is 11.8 Å². The van der Waals surface area contributed by atoms with Crippen LogP contribution in [0, 0.1) is 5.92 Å². The molecule has 0 radical (unpaired) electrons. The molecule has 0 spiro atoms. The summed E-state index contributed by atoms with van der Waals surface area (Å²) in [4.78, 5) is 7.16. The van der Waals surface area contributed by atoms with Gasteiger partial charge < -0.3 is 5.32 Å². The molecule has 0 aliphatic carbocycles. The first-order valence-electron chi connectivity index (χ1n) is 7.87. The molecule has 1 atom stereocenters. The quantitative estimate of drug-likeness (QED) is 0.717. The van der Waals surface area contributed by atoms with Gasteiger partial charge in [0.2, 0.25) is 0 Å². The van der Waals surface area contributed by atoms with Crippen LogP contribution in [0.25, 0.3) is 0 Å². The molecule has 1 rings (SSSR count). The fourth-order valence-corrected chi connectivity index (χ4v) is 2.70. The average molecular weight is 310 g/mol. The van der Waals surface area contributed by atoms with Gasteiger partial charge in [0.1, 0.15) is 0 Å². The second-order valence-electron chi connectivity index (χ2n) is 6.19. The molecule has 3 nitrogen and oxygen atoms in total. The van der Waals surface area contributed by atoms with Crippen molar-refractivity contribution >= 4 is 11.8 Å². The van der Waals surface area contributed by atoms with Crippen LogP contribution in [-0.2, 0) is 13.1 Å². The number of nitrogens with one attached hydrogen (secondary N) is 1. The van der Waals surface area contributed by atoms with E-state index < -0.39 is 0 Å². The molecule has 1 aromatic heterocycles. The van der Waals surface area contributed by atoms with E-state index in [0.717, 1.165) is 31.0 Å². The van der Waals surface area contributed by atoms with Crippen molar-refractivity contribution in [3.63, 3.8) is 0 Å². The van der Waals surface area contributed by atoms with Crippen molar-refractivity contribution in [2.75, 3.05) is 25.6 Å². The highest BCUT2D eigenvalue weighted by Crippen LogP contribution is 2.10. The molecule has 120 valence electrons. The Labute approximate surface area is 134 Å². The van der Waals surface area contributed by atoms with Crippen LogP contribution in [0.5, 0.6) is 0 Å². The zero-order valence-corrected chi connectivity index (χ0v) is 15.0. The third-order valence-corrected chi connectivity index (χ3v) is 4.27. The molecular formula is C17H31N3S. The number of hydrogen-bond donors (Lipinski definition) is 1. The van der Waals surface area contributed by atoms with E-state index in [4.69, 9.17) is 4.98 Å². The molecule has 1 N–H and O–H groups in total. The molecule has 0 bridgehead atoms. The third kappa shape index (κ3) is 7.84. The Hall–Kier alpha value is -0.580. The van der Waals surface area contributed by atoms with Crippen LogP contribution >= 0.6 is 11.8 Å². The highest BCUT2D eigenvalue weighted by Gasteiger charge is 2.10. The molecule has 4 heteroatoms. The van der Waals surface area contributed by atoms with E-state index in [-0.39, 0.29) is 0 Å². The summed E-state index contributed by atoms with van der Waals surface area (Å²) in [6.45, 7) is 9.57. The highest BCUT2D eigenvalue weighted by atomic mass is 32.2. The van der Waals surface area contributed by atoms with Gasteiger partial charge >= 0.3 is 0 Å². The lowest BCUT2D eigenvalue weighted by molar-refractivity contribution is 0.242. The first-order valence-corrected chi connectivity index (χ1v) is 9.27. The fourth-order valence-electron chi connectivity index (χ4n) is 2.12. The molecule has 0 saturated carbocycles. The van der Waals surface area contributed by atoms with Gasteiger partial charge in [0.05, 0.1) is 11.4 Å². The van der Waals surface area contributed by atoms with Crippen LogP contribution in [0.3, 0.4) is 0 Å². The maximum absolute atomic E-state index is 4.76. The van der Waals surface area contributed by atoms with Gasteiger partial charge in [0.15, 0.2) is 0 Å². The van der Waals surface area contributed by atoms with Gasteiger partial charge in [-0.25, -0.2) is 0 Å². The molecule has 0 aromatic carbocycles. The van der Waals surface area contributed by atoms with E-state index in [1.165, 1.54) is 12.2 Å². The average Bonchev–Trinajstić information content (AvgIpc) is 2.44. The van der Waals surface area contributed by atoms with E-state index in [2.05, 4.69) is 62.5 Å². The van der Waals surface area contributed by atoms with E-state index >= 15 is 0 Å². The number of hydrogen-bond acceptors (Lipinski definition) is 4. The van der Waals surface area contributed by atoms with Crippen molar-refractivity contribution in [3.05, 3.63) is 29.6 Å². The minimum absolute atomic E-state index is 0.599. The lowest BCUT2D eigenvalue weighted by Crippen LogP contribution is -2.29. The molecule has 0 aliphatic rings. The number of thioether (sulfide) groups is 1. The number of rotatable bonds is 10. The van der Waals surface area contributed by atoms with E-state index in [0.29, 0.717) is 12.0 Å². The van der Waals surface area contributed by atoms with E-state index in [9.17, 15) is 0 Å². The second-order valence-corrected chi connectivity index (χ2v) is 7.18. The monoisotopic (exact) mass is 309 g/mol. The number of aromatic nitrogens is 1. The first-order chi connectivity index (χ1) is 10.0. The maximum atomic E-state index is 4.76. The fraction of sp³-hybridized carbons (Fsp3) is 0.706. The van der Waals surface area contributed by atoms with E-state index in [1.54, 1.807) is 0 Å². The smallest absolute Gasteiger partial charge is 0.0547 e. The van der Waals surface area contributed by atoms with Crippen molar-refractivity contribution in [1.82, 2.24) is 15.2 Å². The highest BCUT2D eigenvalue weighted by molar-refractivity contribution is 7.98. The predicted molar refractivity (Wildman–Crippen MR) is 94.7 cm³/mol. The van der Waals surface area contributed by atoms with Crippen LogP contribution in [-0.4, -0.2) is 41.5 Å². The molecule has 1 heterocycles. The third-order valence-electron chi connectivity index (χ3n) is 3.63. The lowest BCUT2D eigenvalue weighted by atomic mass is 10.2. The summed E-state index contributed by atoms with van der Waals surface area (Å²) in [5.74, 6) is 1.90. The normalized spacial score (nSPS) is 13.1. The number of pyridine rings is 1. The molecule has 0 aliphatic heterocycles. The van der Waals surface area contributed by atoms with Crippen molar-refractivity contribution in [2.24, 2.45) is 5.92 Å². The largest absolute Gasteiger partial charge is 0.311 e. The lowest BCUT2D eigenvalue weighted by Gasteiger charge is -2.24. The summed E-state index contributed by atoms with van der Waals surface area (Å²) in [6.07, 6.45) is 3.40. The van der Waals surface area contributed by atoms with Crippen LogP contribution in [0.2, 0.25) is 0 Å². The summed E-state index contributed by atoms with van der Waals surface area (Å²) >= 11 is 1.92. The van der Waals surface area contributed by atoms with E-state index in [1.807, 2.05) is 11.8 Å². The van der Waals surface area contributed by atoms with Gasteiger partial charge in [0.25, 0.3) is 0 Å². The molecule has 21 heavy (non-hydrogen) atoms. The van der Waals surface area contributed by atoms with Crippen LogP contribution in [0.15, 0.2) is 18.2 Å².